The summed E-state index contributed by atoms with van der Waals surface area (Å²) in [6.07, 6.45) is 0. The predicted molar refractivity (Wildman–Crippen MR) is 80.5 cm³/mol. The van der Waals surface area contributed by atoms with E-state index < -0.39 is 5.60 Å². The van der Waals surface area contributed by atoms with Crippen LogP contribution in [0.3, 0.4) is 0 Å². The molecule has 0 atom stereocenters. The molecule has 20 heavy (non-hydrogen) atoms. The topological polar surface area (TPSA) is 78.1 Å². The Morgan fingerprint density at radius 2 is 2.00 bits per heavy atom. The maximum absolute atomic E-state index is 11.7. The zero-order valence-electron chi connectivity index (χ0n) is 11.7. The number of nitrogens with zero attached hydrogens (tertiary/aromatic N) is 2. The lowest BCUT2D eigenvalue weighted by atomic mass is 10.2. The van der Waals surface area contributed by atoms with Crippen LogP contribution in [0.1, 0.15) is 20.8 Å². The lowest BCUT2D eigenvalue weighted by Crippen LogP contribution is -2.24. The minimum absolute atomic E-state index is 0.192. The SMILES string of the molecule is CC(C)(C)OC(=O)CSc1nc(N)nc2ccccc12. The number of rotatable bonds is 3. The van der Waals surface area contributed by atoms with Crippen molar-refractivity contribution in [2.75, 3.05) is 11.5 Å². The first kappa shape index (κ1) is 14.6. The van der Waals surface area contributed by atoms with Gasteiger partial charge in [-0.25, -0.2) is 9.97 Å². The second kappa shape index (κ2) is 5.66. The molecular weight excluding hydrogens is 274 g/mol. The van der Waals surface area contributed by atoms with Crippen molar-refractivity contribution in [3.63, 3.8) is 0 Å². The van der Waals surface area contributed by atoms with Crippen molar-refractivity contribution in [2.45, 2.75) is 31.4 Å². The Hall–Kier alpha value is -1.82. The average molecular weight is 291 g/mol. The molecule has 6 heteroatoms. The normalized spacial score (nSPS) is 11.6. The summed E-state index contributed by atoms with van der Waals surface area (Å²) in [5.74, 6) is 0.122. The second-order valence-electron chi connectivity index (χ2n) is 5.28. The molecule has 0 fully saturated rings. The summed E-state index contributed by atoms with van der Waals surface area (Å²) in [6.45, 7) is 5.52. The second-order valence-corrected chi connectivity index (χ2v) is 6.24. The molecule has 2 rings (SSSR count). The van der Waals surface area contributed by atoms with Crippen molar-refractivity contribution < 1.29 is 9.53 Å². The number of ether oxygens (including phenoxy) is 1. The fourth-order valence-corrected chi connectivity index (χ4v) is 2.47. The van der Waals surface area contributed by atoms with Gasteiger partial charge in [-0.15, -0.1) is 0 Å². The van der Waals surface area contributed by atoms with Gasteiger partial charge in [0.1, 0.15) is 10.6 Å². The molecule has 1 aromatic carbocycles. The van der Waals surface area contributed by atoms with Crippen LogP contribution in [0.4, 0.5) is 5.95 Å². The number of nitrogens with two attached hydrogens (primary N) is 1. The number of aromatic nitrogens is 2. The first-order valence-corrected chi connectivity index (χ1v) is 7.20. The van der Waals surface area contributed by atoms with Gasteiger partial charge in [-0.2, -0.15) is 0 Å². The van der Waals surface area contributed by atoms with Crippen LogP contribution in [0.15, 0.2) is 29.3 Å². The van der Waals surface area contributed by atoms with Crippen molar-refractivity contribution in [1.29, 1.82) is 0 Å². The zero-order chi connectivity index (χ0) is 14.8. The fourth-order valence-electron chi connectivity index (χ4n) is 1.67. The van der Waals surface area contributed by atoms with Crippen LogP contribution < -0.4 is 5.73 Å². The van der Waals surface area contributed by atoms with Gasteiger partial charge in [0.15, 0.2) is 0 Å². The molecule has 2 N–H and O–H groups in total. The van der Waals surface area contributed by atoms with Crippen LogP contribution in [-0.2, 0) is 9.53 Å². The van der Waals surface area contributed by atoms with E-state index in [0.29, 0.717) is 5.03 Å². The number of esters is 1. The molecule has 0 bridgehead atoms. The Kier molecular flexibility index (Phi) is 4.13. The van der Waals surface area contributed by atoms with Crippen LogP contribution in [0, 0.1) is 0 Å². The number of nitrogen functional groups attached to an aromatic ring is 1. The van der Waals surface area contributed by atoms with E-state index in [9.17, 15) is 4.79 Å². The Bertz CT molecular complexity index is 638. The van der Waals surface area contributed by atoms with Crippen LogP contribution in [-0.4, -0.2) is 27.3 Å². The molecule has 2 aromatic rings. The molecule has 0 aliphatic heterocycles. The minimum atomic E-state index is -0.482. The van der Waals surface area contributed by atoms with E-state index in [2.05, 4.69) is 9.97 Å². The van der Waals surface area contributed by atoms with Crippen molar-refractivity contribution in [1.82, 2.24) is 9.97 Å². The molecule has 1 heterocycles. The van der Waals surface area contributed by atoms with Crippen molar-refractivity contribution >= 4 is 34.6 Å². The number of hydrogen-bond donors (Lipinski definition) is 1. The summed E-state index contributed by atoms with van der Waals surface area (Å²) >= 11 is 1.31. The summed E-state index contributed by atoms with van der Waals surface area (Å²) in [7, 11) is 0. The monoisotopic (exact) mass is 291 g/mol. The quantitative estimate of drug-likeness (QED) is 0.532. The van der Waals surface area contributed by atoms with Gasteiger partial charge in [-0.05, 0) is 26.8 Å². The van der Waals surface area contributed by atoms with E-state index in [1.54, 1.807) is 0 Å². The van der Waals surface area contributed by atoms with E-state index in [1.807, 2.05) is 45.0 Å². The van der Waals surface area contributed by atoms with Gasteiger partial charge in [-0.3, -0.25) is 4.79 Å². The number of fused-ring (bicyclic) bond motifs is 1. The molecule has 0 saturated heterocycles. The largest absolute Gasteiger partial charge is 0.459 e. The summed E-state index contributed by atoms with van der Waals surface area (Å²) in [4.78, 5) is 20.1. The van der Waals surface area contributed by atoms with E-state index in [-0.39, 0.29) is 17.7 Å². The molecule has 0 aliphatic rings. The number of benzene rings is 1. The van der Waals surface area contributed by atoms with E-state index >= 15 is 0 Å². The first-order valence-electron chi connectivity index (χ1n) is 6.22. The van der Waals surface area contributed by atoms with Crippen LogP contribution in [0.25, 0.3) is 10.9 Å². The number of carbonyl (C=O) groups is 1. The minimum Gasteiger partial charge on any atom is -0.459 e. The summed E-state index contributed by atoms with van der Waals surface area (Å²) in [5.41, 5.74) is 5.97. The first-order chi connectivity index (χ1) is 9.35. The van der Waals surface area contributed by atoms with E-state index in [0.717, 1.165) is 10.9 Å². The summed E-state index contributed by atoms with van der Waals surface area (Å²) in [6, 6.07) is 7.56. The zero-order valence-corrected chi connectivity index (χ0v) is 12.5. The van der Waals surface area contributed by atoms with Gasteiger partial charge >= 0.3 is 5.97 Å². The standard InChI is InChI=1S/C14H17N3O2S/c1-14(2,3)19-11(18)8-20-12-9-6-4-5-7-10(9)16-13(15)17-12/h4-7H,8H2,1-3H3,(H2,15,16,17). The van der Waals surface area contributed by atoms with Crippen LogP contribution in [0.5, 0.6) is 0 Å². The Labute approximate surface area is 121 Å². The highest BCUT2D eigenvalue weighted by molar-refractivity contribution is 8.00. The van der Waals surface area contributed by atoms with Crippen molar-refractivity contribution in [3.05, 3.63) is 24.3 Å². The number of para-hydroxylation sites is 1. The van der Waals surface area contributed by atoms with Gasteiger partial charge in [-0.1, -0.05) is 30.0 Å². The number of carbonyl (C=O) groups excluding carboxylic acids is 1. The average Bonchev–Trinajstić information content (AvgIpc) is 2.33. The summed E-state index contributed by atoms with van der Waals surface area (Å²) < 4.78 is 5.27. The molecule has 0 aliphatic carbocycles. The maximum atomic E-state index is 11.7. The van der Waals surface area contributed by atoms with E-state index in [4.69, 9.17) is 10.5 Å². The number of hydrogen-bond acceptors (Lipinski definition) is 6. The molecule has 0 amide bonds. The van der Waals surface area contributed by atoms with Gasteiger partial charge < -0.3 is 10.5 Å². The Morgan fingerprint density at radius 3 is 2.70 bits per heavy atom. The highest BCUT2D eigenvalue weighted by Crippen LogP contribution is 2.26. The highest BCUT2D eigenvalue weighted by Gasteiger charge is 2.17. The predicted octanol–water partition coefficient (Wildman–Crippen LogP) is 2.65. The Morgan fingerprint density at radius 1 is 1.30 bits per heavy atom. The van der Waals surface area contributed by atoms with E-state index in [1.165, 1.54) is 11.8 Å². The molecule has 0 saturated carbocycles. The van der Waals surface area contributed by atoms with Gasteiger partial charge in [0.25, 0.3) is 0 Å². The smallest absolute Gasteiger partial charge is 0.316 e. The number of anilines is 1. The third kappa shape index (κ3) is 3.84. The fraction of sp³-hybridized carbons (Fsp3) is 0.357. The number of thioether (sulfide) groups is 1. The third-order valence-corrected chi connectivity index (χ3v) is 3.30. The molecular formula is C14H17N3O2S. The third-order valence-electron chi connectivity index (χ3n) is 2.33. The lowest BCUT2D eigenvalue weighted by molar-refractivity contribution is -0.151. The van der Waals surface area contributed by atoms with Gasteiger partial charge in [0.05, 0.1) is 11.3 Å². The molecule has 0 radical (unpaired) electrons. The van der Waals surface area contributed by atoms with Crippen molar-refractivity contribution in [3.8, 4) is 0 Å². The Balaban J connectivity index is 2.16. The molecule has 0 spiro atoms. The van der Waals surface area contributed by atoms with Gasteiger partial charge in [0, 0.05) is 5.39 Å². The summed E-state index contributed by atoms with van der Waals surface area (Å²) in [5, 5.41) is 1.58. The molecule has 1 aromatic heterocycles. The van der Waals surface area contributed by atoms with Crippen LogP contribution >= 0.6 is 11.8 Å². The molecule has 0 unspecified atom stereocenters. The highest BCUT2D eigenvalue weighted by atomic mass is 32.2. The molecule has 5 nitrogen and oxygen atoms in total. The molecule has 106 valence electrons. The lowest BCUT2D eigenvalue weighted by Gasteiger charge is -2.19. The van der Waals surface area contributed by atoms with Crippen molar-refractivity contribution in [2.24, 2.45) is 0 Å². The maximum Gasteiger partial charge on any atom is 0.316 e. The van der Waals surface area contributed by atoms with Crippen LogP contribution in [0.2, 0.25) is 0 Å². The van der Waals surface area contributed by atoms with Gasteiger partial charge in [0.2, 0.25) is 5.95 Å².